The first-order chi connectivity index (χ1) is 10.2. The summed E-state index contributed by atoms with van der Waals surface area (Å²) in [5, 5.41) is 10.8. The Morgan fingerprint density at radius 1 is 1.29 bits per heavy atom. The summed E-state index contributed by atoms with van der Waals surface area (Å²) in [6.45, 7) is 4.10. The first kappa shape index (κ1) is 16.6. The van der Waals surface area contributed by atoms with Crippen molar-refractivity contribution in [2.45, 2.75) is 51.2 Å². The molecule has 0 aliphatic heterocycles. The molecule has 1 N–H and O–H groups in total. The smallest absolute Gasteiger partial charge is 0.138 e. The molecule has 1 atom stereocenters. The van der Waals surface area contributed by atoms with Crippen LogP contribution >= 0.6 is 11.6 Å². The molecule has 0 spiro atoms. The number of aliphatic hydroxyl groups is 1. The fraction of sp³-hybridized carbons (Fsp3) is 0.647. The molecule has 1 fully saturated rings. The van der Waals surface area contributed by atoms with Gasteiger partial charge in [-0.1, -0.05) is 49.9 Å². The van der Waals surface area contributed by atoms with Gasteiger partial charge in [-0.3, -0.25) is 4.90 Å². The average Bonchev–Trinajstić information content (AvgIpc) is 2.52. The molecule has 21 heavy (non-hydrogen) atoms. The third-order valence-corrected chi connectivity index (χ3v) is 4.52. The van der Waals surface area contributed by atoms with E-state index in [0.29, 0.717) is 23.4 Å². The summed E-state index contributed by atoms with van der Waals surface area (Å²) in [6.07, 6.45) is 6.01. The molecule has 0 bridgehead atoms. The molecular formula is C17H26ClNO2. The zero-order chi connectivity index (χ0) is 15.1. The Morgan fingerprint density at radius 2 is 2.00 bits per heavy atom. The van der Waals surface area contributed by atoms with Crippen molar-refractivity contribution >= 4 is 11.6 Å². The Labute approximate surface area is 132 Å². The second kappa shape index (κ2) is 8.62. The number of rotatable bonds is 7. The van der Waals surface area contributed by atoms with E-state index in [2.05, 4.69) is 11.8 Å². The highest BCUT2D eigenvalue weighted by molar-refractivity contribution is 6.32. The minimum Gasteiger partial charge on any atom is -0.489 e. The van der Waals surface area contributed by atoms with Crippen LogP contribution in [0, 0.1) is 0 Å². The lowest BCUT2D eigenvalue weighted by molar-refractivity contribution is 0.0464. The van der Waals surface area contributed by atoms with Crippen molar-refractivity contribution in [2.24, 2.45) is 0 Å². The highest BCUT2D eigenvalue weighted by atomic mass is 35.5. The average molecular weight is 312 g/mol. The zero-order valence-electron chi connectivity index (χ0n) is 12.8. The van der Waals surface area contributed by atoms with Crippen molar-refractivity contribution in [3.8, 4) is 5.75 Å². The van der Waals surface area contributed by atoms with Gasteiger partial charge in [0.05, 0.1) is 5.02 Å². The van der Waals surface area contributed by atoms with Crippen LogP contribution in [0.1, 0.15) is 39.0 Å². The normalized spacial score (nSPS) is 17.9. The molecule has 0 radical (unpaired) electrons. The van der Waals surface area contributed by atoms with E-state index >= 15 is 0 Å². The van der Waals surface area contributed by atoms with Crippen LogP contribution in [0.2, 0.25) is 5.02 Å². The van der Waals surface area contributed by atoms with Gasteiger partial charge in [-0.05, 0) is 31.5 Å². The molecule has 1 aromatic rings. The lowest BCUT2D eigenvalue weighted by Gasteiger charge is -2.34. The summed E-state index contributed by atoms with van der Waals surface area (Å²) in [5.74, 6) is 0.638. The number of para-hydroxylation sites is 1. The van der Waals surface area contributed by atoms with E-state index in [0.717, 1.165) is 6.54 Å². The Kier molecular flexibility index (Phi) is 6.81. The molecule has 4 heteroatoms. The summed E-state index contributed by atoms with van der Waals surface area (Å²) >= 11 is 6.05. The monoisotopic (exact) mass is 311 g/mol. The quantitative estimate of drug-likeness (QED) is 0.832. The molecule has 0 unspecified atom stereocenters. The van der Waals surface area contributed by atoms with Gasteiger partial charge in [0.2, 0.25) is 0 Å². The van der Waals surface area contributed by atoms with Crippen molar-refractivity contribution in [3.05, 3.63) is 29.3 Å². The van der Waals surface area contributed by atoms with Crippen LogP contribution in [0.4, 0.5) is 0 Å². The number of aliphatic hydroxyl groups excluding tert-OH is 1. The molecule has 3 nitrogen and oxygen atoms in total. The van der Waals surface area contributed by atoms with Crippen LogP contribution in [0.25, 0.3) is 0 Å². The molecule has 118 valence electrons. The Bertz CT molecular complexity index is 421. The Hall–Kier alpha value is -0.770. The molecule has 0 amide bonds. The minimum absolute atomic E-state index is 0.285. The van der Waals surface area contributed by atoms with E-state index in [1.807, 2.05) is 18.2 Å². The number of hydrogen-bond donors (Lipinski definition) is 1. The van der Waals surface area contributed by atoms with Crippen LogP contribution in [0.15, 0.2) is 24.3 Å². The van der Waals surface area contributed by atoms with Crippen molar-refractivity contribution in [2.75, 3.05) is 19.7 Å². The second-order valence-corrected chi connectivity index (χ2v) is 6.18. The summed E-state index contributed by atoms with van der Waals surface area (Å²) < 4.78 is 5.62. The Balaban J connectivity index is 1.79. The molecule has 0 aromatic heterocycles. The lowest BCUT2D eigenvalue weighted by atomic mass is 9.94. The van der Waals surface area contributed by atoms with Gasteiger partial charge >= 0.3 is 0 Å². The molecular weight excluding hydrogens is 286 g/mol. The van der Waals surface area contributed by atoms with Gasteiger partial charge in [0.15, 0.2) is 0 Å². The van der Waals surface area contributed by atoms with Crippen molar-refractivity contribution in [1.82, 2.24) is 4.90 Å². The maximum atomic E-state index is 10.2. The fourth-order valence-corrected chi connectivity index (χ4v) is 3.24. The van der Waals surface area contributed by atoms with Gasteiger partial charge in [-0.15, -0.1) is 0 Å². The van der Waals surface area contributed by atoms with E-state index in [-0.39, 0.29) is 6.61 Å². The molecule has 2 rings (SSSR count). The number of likely N-dealkylation sites (N-methyl/N-ethyl adjacent to an activating group) is 1. The van der Waals surface area contributed by atoms with E-state index in [1.165, 1.54) is 32.1 Å². The number of ether oxygens (including phenoxy) is 1. The predicted octanol–water partition coefficient (Wildman–Crippen LogP) is 3.73. The van der Waals surface area contributed by atoms with Crippen LogP contribution in [-0.4, -0.2) is 41.8 Å². The summed E-state index contributed by atoms with van der Waals surface area (Å²) in [7, 11) is 0. The first-order valence-corrected chi connectivity index (χ1v) is 8.38. The number of benzene rings is 1. The molecule has 1 aromatic carbocycles. The molecule has 1 aliphatic rings. The number of nitrogens with zero attached hydrogens (tertiary/aromatic N) is 1. The standard InChI is InChI=1S/C17H26ClNO2/c1-2-19(14-8-4-3-5-9-14)12-15(20)13-21-17-11-7-6-10-16(17)18/h6-7,10-11,14-15,20H,2-5,8-9,12-13H2,1H3/t15-/m1/s1. The third-order valence-electron chi connectivity index (χ3n) is 4.21. The van der Waals surface area contributed by atoms with E-state index in [9.17, 15) is 5.11 Å². The van der Waals surface area contributed by atoms with Gasteiger partial charge in [0.25, 0.3) is 0 Å². The van der Waals surface area contributed by atoms with Crippen molar-refractivity contribution < 1.29 is 9.84 Å². The minimum atomic E-state index is -0.483. The third kappa shape index (κ3) is 5.17. The van der Waals surface area contributed by atoms with Crippen LogP contribution in [0.5, 0.6) is 5.75 Å². The maximum Gasteiger partial charge on any atom is 0.138 e. The van der Waals surface area contributed by atoms with Crippen LogP contribution in [0.3, 0.4) is 0 Å². The highest BCUT2D eigenvalue weighted by Gasteiger charge is 2.22. The van der Waals surface area contributed by atoms with Gasteiger partial charge < -0.3 is 9.84 Å². The van der Waals surface area contributed by atoms with Crippen LogP contribution < -0.4 is 4.74 Å². The van der Waals surface area contributed by atoms with Crippen LogP contribution in [-0.2, 0) is 0 Å². The highest BCUT2D eigenvalue weighted by Crippen LogP contribution is 2.24. The van der Waals surface area contributed by atoms with E-state index in [4.69, 9.17) is 16.3 Å². The molecule has 1 aliphatic carbocycles. The van der Waals surface area contributed by atoms with Gasteiger partial charge in [-0.25, -0.2) is 0 Å². The zero-order valence-corrected chi connectivity index (χ0v) is 13.6. The van der Waals surface area contributed by atoms with Gasteiger partial charge in [-0.2, -0.15) is 0 Å². The number of hydrogen-bond acceptors (Lipinski definition) is 3. The summed E-state index contributed by atoms with van der Waals surface area (Å²) in [5.41, 5.74) is 0. The van der Waals surface area contributed by atoms with Crippen molar-refractivity contribution in [1.29, 1.82) is 0 Å². The van der Waals surface area contributed by atoms with Crippen molar-refractivity contribution in [3.63, 3.8) is 0 Å². The molecule has 1 saturated carbocycles. The molecule has 0 saturated heterocycles. The fourth-order valence-electron chi connectivity index (χ4n) is 3.05. The summed E-state index contributed by atoms with van der Waals surface area (Å²) in [4.78, 5) is 2.39. The van der Waals surface area contributed by atoms with E-state index < -0.39 is 6.10 Å². The predicted molar refractivity (Wildman–Crippen MR) is 87.1 cm³/mol. The molecule has 0 heterocycles. The lowest BCUT2D eigenvalue weighted by Crippen LogP contribution is -2.43. The second-order valence-electron chi connectivity index (χ2n) is 5.77. The number of halogens is 1. The largest absolute Gasteiger partial charge is 0.489 e. The van der Waals surface area contributed by atoms with Gasteiger partial charge in [0.1, 0.15) is 18.5 Å². The maximum absolute atomic E-state index is 10.2. The first-order valence-electron chi connectivity index (χ1n) is 8.00. The van der Waals surface area contributed by atoms with E-state index in [1.54, 1.807) is 6.07 Å². The van der Waals surface area contributed by atoms with Gasteiger partial charge in [0, 0.05) is 12.6 Å². The topological polar surface area (TPSA) is 32.7 Å². The SMILES string of the molecule is CCN(C[C@@H](O)COc1ccccc1Cl)C1CCCCC1. The Morgan fingerprint density at radius 3 is 2.67 bits per heavy atom. The summed E-state index contributed by atoms with van der Waals surface area (Å²) in [6, 6.07) is 8.00.